The molecule has 94 valence electrons. The molecule has 17 heavy (non-hydrogen) atoms. The molecule has 1 aliphatic heterocycles. The van der Waals surface area contributed by atoms with E-state index in [0.29, 0.717) is 43.3 Å². The van der Waals surface area contributed by atoms with Crippen LogP contribution < -0.4 is 11.1 Å². The highest BCUT2D eigenvalue weighted by molar-refractivity contribution is 6.33. The fourth-order valence-corrected chi connectivity index (χ4v) is 2.12. The van der Waals surface area contributed by atoms with E-state index in [1.54, 1.807) is 12.1 Å². The highest BCUT2D eigenvalue weighted by Gasteiger charge is 2.29. The largest absolute Gasteiger partial charge is 0.399 e. The number of halogens is 1. The number of aliphatic hydroxyl groups is 1. The first-order valence-electron chi connectivity index (χ1n) is 5.68. The maximum Gasteiger partial charge on any atom is 0.0863 e. The Balaban J connectivity index is 1.97. The number of benzene rings is 1. The summed E-state index contributed by atoms with van der Waals surface area (Å²) in [5, 5.41) is 14.0. The Labute approximate surface area is 106 Å². The van der Waals surface area contributed by atoms with Crippen LogP contribution in [0.1, 0.15) is 12.8 Å². The van der Waals surface area contributed by atoms with Gasteiger partial charge in [-0.1, -0.05) is 11.6 Å². The van der Waals surface area contributed by atoms with E-state index >= 15 is 0 Å². The van der Waals surface area contributed by atoms with Crippen molar-refractivity contribution in [1.29, 1.82) is 0 Å². The van der Waals surface area contributed by atoms with Crippen molar-refractivity contribution in [2.24, 2.45) is 0 Å². The van der Waals surface area contributed by atoms with Crippen LogP contribution in [-0.2, 0) is 4.74 Å². The fraction of sp³-hybridized carbons (Fsp3) is 0.500. The second-order valence-corrected chi connectivity index (χ2v) is 4.84. The lowest BCUT2D eigenvalue weighted by atomic mass is 9.94. The minimum absolute atomic E-state index is 0.472. The van der Waals surface area contributed by atoms with Gasteiger partial charge in [0.15, 0.2) is 0 Å². The third-order valence-corrected chi connectivity index (χ3v) is 3.34. The number of nitrogen functional groups attached to an aromatic ring is 1. The summed E-state index contributed by atoms with van der Waals surface area (Å²) >= 11 is 6.04. The summed E-state index contributed by atoms with van der Waals surface area (Å²) in [4.78, 5) is 0. The second-order valence-electron chi connectivity index (χ2n) is 4.43. The standard InChI is InChI=1S/C12H17ClN2O2/c13-10-7-9(14)1-2-11(10)15-8-12(16)3-5-17-6-4-12/h1-2,7,15-16H,3-6,8,14H2. The van der Waals surface area contributed by atoms with Gasteiger partial charge in [-0.05, 0) is 18.2 Å². The summed E-state index contributed by atoms with van der Waals surface area (Å²) < 4.78 is 5.23. The monoisotopic (exact) mass is 256 g/mol. The van der Waals surface area contributed by atoms with E-state index in [0.717, 1.165) is 5.69 Å². The molecule has 0 atom stereocenters. The van der Waals surface area contributed by atoms with Gasteiger partial charge in [0.05, 0.1) is 16.3 Å². The molecule has 2 rings (SSSR count). The molecule has 0 unspecified atom stereocenters. The quantitative estimate of drug-likeness (QED) is 0.723. The van der Waals surface area contributed by atoms with Crippen LogP contribution in [0, 0.1) is 0 Å². The zero-order chi connectivity index (χ0) is 12.3. The van der Waals surface area contributed by atoms with Gasteiger partial charge in [-0.25, -0.2) is 0 Å². The molecule has 1 aromatic carbocycles. The van der Waals surface area contributed by atoms with Gasteiger partial charge >= 0.3 is 0 Å². The van der Waals surface area contributed by atoms with E-state index in [-0.39, 0.29) is 0 Å². The van der Waals surface area contributed by atoms with Crippen LogP contribution in [0.3, 0.4) is 0 Å². The molecule has 1 aromatic rings. The first kappa shape index (κ1) is 12.5. The van der Waals surface area contributed by atoms with Gasteiger partial charge < -0.3 is 20.9 Å². The van der Waals surface area contributed by atoms with Crippen LogP contribution in [0.15, 0.2) is 18.2 Å². The summed E-state index contributed by atoms with van der Waals surface area (Å²) in [6, 6.07) is 5.29. The van der Waals surface area contributed by atoms with Crippen molar-refractivity contribution in [1.82, 2.24) is 0 Å². The maximum absolute atomic E-state index is 10.3. The van der Waals surface area contributed by atoms with Gasteiger partial charge in [0.2, 0.25) is 0 Å². The van der Waals surface area contributed by atoms with Gasteiger partial charge in [-0.2, -0.15) is 0 Å². The van der Waals surface area contributed by atoms with Gasteiger partial charge in [-0.15, -0.1) is 0 Å². The molecule has 0 amide bonds. The third-order valence-electron chi connectivity index (χ3n) is 3.02. The average Bonchev–Trinajstić information content (AvgIpc) is 2.29. The predicted octanol–water partition coefficient (Wildman–Crippen LogP) is 1.88. The minimum Gasteiger partial charge on any atom is -0.399 e. The number of nitrogens with two attached hydrogens (primary N) is 1. The van der Waals surface area contributed by atoms with E-state index in [4.69, 9.17) is 22.1 Å². The third kappa shape index (κ3) is 3.25. The summed E-state index contributed by atoms with van der Waals surface area (Å²) in [6.07, 6.45) is 1.29. The number of ether oxygens (including phenoxy) is 1. The lowest BCUT2D eigenvalue weighted by Gasteiger charge is -2.32. The molecule has 0 saturated carbocycles. The Morgan fingerprint density at radius 3 is 2.76 bits per heavy atom. The Kier molecular flexibility index (Phi) is 3.76. The highest BCUT2D eigenvalue weighted by atomic mass is 35.5. The average molecular weight is 257 g/mol. The number of hydrogen-bond acceptors (Lipinski definition) is 4. The summed E-state index contributed by atoms with van der Waals surface area (Å²) in [5.74, 6) is 0. The van der Waals surface area contributed by atoms with Crippen molar-refractivity contribution >= 4 is 23.0 Å². The molecule has 0 radical (unpaired) electrons. The molecule has 5 heteroatoms. The zero-order valence-corrected chi connectivity index (χ0v) is 10.3. The van der Waals surface area contributed by atoms with Gasteiger partial charge in [0.1, 0.15) is 0 Å². The SMILES string of the molecule is Nc1ccc(NCC2(O)CCOCC2)c(Cl)c1. The number of nitrogens with one attached hydrogen (secondary N) is 1. The van der Waals surface area contributed by atoms with Crippen LogP contribution in [0.4, 0.5) is 11.4 Å². The van der Waals surface area contributed by atoms with Crippen molar-refractivity contribution in [3.63, 3.8) is 0 Å². The Morgan fingerprint density at radius 1 is 1.41 bits per heavy atom. The first-order chi connectivity index (χ1) is 8.09. The number of rotatable bonds is 3. The van der Waals surface area contributed by atoms with Crippen molar-refractivity contribution in [2.45, 2.75) is 18.4 Å². The van der Waals surface area contributed by atoms with E-state index in [2.05, 4.69) is 5.32 Å². The van der Waals surface area contributed by atoms with Crippen LogP contribution >= 0.6 is 11.6 Å². The highest BCUT2D eigenvalue weighted by Crippen LogP contribution is 2.26. The van der Waals surface area contributed by atoms with E-state index in [1.165, 1.54) is 0 Å². The van der Waals surface area contributed by atoms with Crippen molar-refractivity contribution in [3.05, 3.63) is 23.2 Å². The molecule has 1 fully saturated rings. The Hall–Kier alpha value is -0.970. The molecular formula is C12H17ClN2O2. The molecule has 1 heterocycles. The summed E-state index contributed by atoms with van der Waals surface area (Å²) in [6.45, 7) is 1.68. The van der Waals surface area contributed by atoms with E-state index in [9.17, 15) is 5.11 Å². The first-order valence-corrected chi connectivity index (χ1v) is 6.06. The molecule has 4 N–H and O–H groups in total. The van der Waals surface area contributed by atoms with E-state index in [1.807, 2.05) is 6.07 Å². The summed E-state index contributed by atoms with van der Waals surface area (Å²) in [5.41, 5.74) is 6.33. The lowest BCUT2D eigenvalue weighted by molar-refractivity contribution is -0.0543. The normalized spacial score (nSPS) is 18.9. The van der Waals surface area contributed by atoms with Crippen molar-refractivity contribution < 1.29 is 9.84 Å². The summed E-state index contributed by atoms with van der Waals surface area (Å²) in [7, 11) is 0. The molecule has 1 saturated heterocycles. The Morgan fingerprint density at radius 2 is 2.12 bits per heavy atom. The molecule has 0 spiro atoms. The van der Waals surface area contributed by atoms with Crippen molar-refractivity contribution in [2.75, 3.05) is 30.8 Å². The maximum atomic E-state index is 10.3. The van der Waals surface area contributed by atoms with E-state index < -0.39 is 5.60 Å². The molecule has 0 bridgehead atoms. The van der Waals surface area contributed by atoms with Gasteiger partial charge in [0, 0.05) is 38.3 Å². The minimum atomic E-state index is -0.705. The smallest absolute Gasteiger partial charge is 0.0863 e. The zero-order valence-electron chi connectivity index (χ0n) is 9.58. The van der Waals surface area contributed by atoms with Crippen LogP contribution in [0.2, 0.25) is 5.02 Å². The lowest BCUT2D eigenvalue weighted by Crippen LogP contribution is -2.42. The molecule has 0 aliphatic carbocycles. The second kappa shape index (κ2) is 5.12. The topological polar surface area (TPSA) is 67.5 Å². The Bertz CT molecular complexity index is 392. The van der Waals surface area contributed by atoms with Gasteiger partial charge in [0.25, 0.3) is 0 Å². The predicted molar refractivity (Wildman–Crippen MR) is 69.4 cm³/mol. The van der Waals surface area contributed by atoms with Gasteiger partial charge in [-0.3, -0.25) is 0 Å². The molecule has 0 aromatic heterocycles. The number of anilines is 2. The fourth-order valence-electron chi connectivity index (χ4n) is 1.86. The number of hydrogen-bond donors (Lipinski definition) is 3. The molecular weight excluding hydrogens is 240 g/mol. The molecule has 4 nitrogen and oxygen atoms in total. The van der Waals surface area contributed by atoms with Crippen molar-refractivity contribution in [3.8, 4) is 0 Å². The molecule has 1 aliphatic rings. The van der Waals surface area contributed by atoms with Crippen LogP contribution in [-0.4, -0.2) is 30.5 Å². The van der Waals surface area contributed by atoms with Crippen LogP contribution in [0.5, 0.6) is 0 Å². The van der Waals surface area contributed by atoms with Crippen LogP contribution in [0.25, 0.3) is 0 Å².